The van der Waals surface area contributed by atoms with Gasteiger partial charge in [0.2, 0.25) is 5.91 Å². The van der Waals surface area contributed by atoms with Gasteiger partial charge in [-0.1, -0.05) is 294 Å². The number of amides is 1. The lowest BCUT2D eigenvalue weighted by Crippen LogP contribution is -2.45. The van der Waals surface area contributed by atoms with Crippen LogP contribution in [0.15, 0.2) is 48.6 Å². The molecule has 0 saturated heterocycles. The first-order chi connectivity index (χ1) is 36.5. The molecule has 74 heavy (non-hydrogen) atoms. The van der Waals surface area contributed by atoms with Crippen molar-refractivity contribution in [1.29, 1.82) is 0 Å². The van der Waals surface area contributed by atoms with E-state index < -0.39 is 12.1 Å². The van der Waals surface area contributed by atoms with E-state index in [4.69, 9.17) is 4.74 Å². The van der Waals surface area contributed by atoms with Gasteiger partial charge in [-0.3, -0.25) is 9.59 Å². The van der Waals surface area contributed by atoms with E-state index >= 15 is 0 Å². The Labute approximate surface area is 461 Å². The molecule has 0 aromatic heterocycles. The lowest BCUT2D eigenvalue weighted by molar-refractivity contribution is -0.143. The molecule has 0 aliphatic heterocycles. The number of aliphatic hydroxyl groups is 2. The SMILES string of the molecule is CCCCCC/C=C\C/C=C\CCCCCCCC(=O)OCCCCCCCCC/C=C\CCCCCCCC(=O)NC(CO)C(O)/C=C/CCCCCCCCCCCCCCCCCCCCCCCCC. The average Bonchev–Trinajstić information content (AvgIpc) is 3.40. The number of carbonyl (C=O) groups is 2. The predicted octanol–water partition coefficient (Wildman–Crippen LogP) is 20.9. The van der Waals surface area contributed by atoms with Crippen LogP contribution in [0.1, 0.15) is 348 Å². The standard InChI is InChI=1S/C68H127NO5/c1-3-5-7-9-11-13-15-17-19-21-22-23-24-25-26-27-28-29-32-36-40-44-48-52-56-60-66(71)65(64-70)69-67(72)61-57-53-49-45-41-37-33-30-31-35-39-43-47-51-55-59-63-74-68(73)62-58-54-50-46-42-38-34-20-18-16-14-12-10-8-6-4-2/h14,16,20,30,33-34,56,60,65-66,70-71H,3-13,15,17-19,21-29,31-32,35-55,57-59,61-64H2,1-2H3,(H,69,72)/b16-14-,33-30-,34-20-,60-56+. The predicted molar refractivity (Wildman–Crippen MR) is 324 cm³/mol. The molecule has 0 aromatic rings. The summed E-state index contributed by atoms with van der Waals surface area (Å²) in [5.41, 5.74) is 0. The Morgan fingerprint density at radius 2 is 0.676 bits per heavy atom. The molecule has 0 aliphatic carbocycles. The summed E-state index contributed by atoms with van der Waals surface area (Å²) in [5, 5.41) is 23.2. The molecular weight excluding hydrogens is 911 g/mol. The maximum Gasteiger partial charge on any atom is 0.305 e. The molecule has 6 nitrogen and oxygen atoms in total. The highest BCUT2D eigenvalue weighted by Gasteiger charge is 2.18. The minimum Gasteiger partial charge on any atom is -0.466 e. The minimum atomic E-state index is -0.858. The van der Waals surface area contributed by atoms with Crippen molar-refractivity contribution in [1.82, 2.24) is 5.32 Å². The van der Waals surface area contributed by atoms with Gasteiger partial charge in [-0.2, -0.15) is 0 Å². The van der Waals surface area contributed by atoms with Crippen molar-refractivity contribution in [3.8, 4) is 0 Å². The van der Waals surface area contributed by atoms with Crippen LogP contribution in [-0.2, 0) is 14.3 Å². The average molecular weight is 1040 g/mol. The summed E-state index contributed by atoms with van der Waals surface area (Å²) in [7, 11) is 0. The summed E-state index contributed by atoms with van der Waals surface area (Å²) in [6, 6.07) is -0.643. The maximum absolute atomic E-state index is 12.5. The fourth-order valence-electron chi connectivity index (χ4n) is 10.0. The highest BCUT2D eigenvalue weighted by molar-refractivity contribution is 5.76. The number of unbranched alkanes of at least 4 members (excludes halogenated alkanes) is 44. The third kappa shape index (κ3) is 59.1. The molecule has 434 valence electrons. The van der Waals surface area contributed by atoms with Crippen LogP contribution >= 0.6 is 0 Å². The largest absolute Gasteiger partial charge is 0.466 e. The smallest absolute Gasteiger partial charge is 0.305 e. The van der Waals surface area contributed by atoms with E-state index in [1.807, 2.05) is 6.08 Å². The molecule has 0 fully saturated rings. The van der Waals surface area contributed by atoms with Crippen molar-refractivity contribution < 1.29 is 24.5 Å². The van der Waals surface area contributed by atoms with E-state index in [1.54, 1.807) is 6.08 Å². The van der Waals surface area contributed by atoms with Crippen molar-refractivity contribution >= 4 is 11.9 Å². The number of nitrogens with one attached hydrogen (secondary N) is 1. The second kappa shape index (κ2) is 63.4. The monoisotopic (exact) mass is 1040 g/mol. The van der Waals surface area contributed by atoms with Crippen LogP contribution in [-0.4, -0.2) is 47.4 Å². The van der Waals surface area contributed by atoms with E-state index in [0.29, 0.717) is 19.4 Å². The van der Waals surface area contributed by atoms with Crippen LogP contribution in [0.25, 0.3) is 0 Å². The Morgan fingerprint density at radius 3 is 1.05 bits per heavy atom. The summed E-state index contributed by atoms with van der Waals surface area (Å²) >= 11 is 0. The zero-order chi connectivity index (χ0) is 53.6. The number of hydrogen-bond acceptors (Lipinski definition) is 5. The molecular formula is C68H127NO5. The van der Waals surface area contributed by atoms with E-state index in [1.165, 1.54) is 250 Å². The van der Waals surface area contributed by atoms with Gasteiger partial charge in [0.15, 0.2) is 0 Å². The molecule has 0 aliphatic rings. The number of rotatable bonds is 61. The topological polar surface area (TPSA) is 95.9 Å². The molecule has 2 unspecified atom stereocenters. The molecule has 0 spiro atoms. The van der Waals surface area contributed by atoms with E-state index in [2.05, 4.69) is 55.6 Å². The molecule has 0 saturated carbocycles. The molecule has 0 rings (SSSR count). The summed E-state index contributed by atoms with van der Waals surface area (Å²) in [4.78, 5) is 24.6. The molecule has 0 heterocycles. The number of hydrogen-bond donors (Lipinski definition) is 3. The van der Waals surface area contributed by atoms with Crippen LogP contribution < -0.4 is 5.32 Å². The van der Waals surface area contributed by atoms with Crippen LogP contribution in [0.4, 0.5) is 0 Å². The maximum atomic E-state index is 12.5. The van der Waals surface area contributed by atoms with Gasteiger partial charge in [0.1, 0.15) is 0 Å². The van der Waals surface area contributed by atoms with Gasteiger partial charge >= 0.3 is 5.97 Å². The Kier molecular flexibility index (Phi) is 61.5. The summed E-state index contributed by atoms with van der Waals surface area (Å²) in [6.45, 7) is 4.88. The Morgan fingerprint density at radius 1 is 0.378 bits per heavy atom. The first-order valence-corrected chi connectivity index (χ1v) is 32.9. The molecule has 1 amide bonds. The van der Waals surface area contributed by atoms with Crippen LogP contribution in [0.5, 0.6) is 0 Å². The van der Waals surface area contributed by atoms with Gasteiger partial charge in [-0.05, 0) is 89.9 Å². The van der Waals surface area contributed by atoms with Gasteiger partial charge < -0.3 is 20.3 Å². The van der Waals surface area contributed by atoms with E-state index in [0.717, 1.165) is 70.6 Å². The molecule has 6 heteroatoms. The zero-order valence-corrected chi connectivity index (χ0v) is 49.6. The number of esters is 1. The Balaban J connectivity index is 3.50. The second-order valence-electron chi connectivity index (χ2n) is 22.4. The highest BCUT2D eigenvalue weighted by atomic mass is 16.5. The molecule has 0 radical (unpaired) electrons. The summed E-state index contributed by atoms with van der Waals surface area (Å²) in [6.07, 6.45) is 81.6. The van der Waals surface area contributed by atoms with Crippen LogP contribution in [0.3, 0.4) is 0 Å². The first-order valence-electron chi connectivity index (χ1n) is 32.9. The van der Waals surface area contributed by atoms with Crippen molar-refractivity contribution in [2.24, 2.45) is 0 Å². The number of aliphatic hydroxyl groups excluding tert-OH is 2. The third-order valence-electron chi connectivity index (χ3n) is 15.1. The van der Waals surface area contributed by atoms with Crippen molar-refractivity contribution in [3.63, 3.8) is 0 Å². The third-order valence-corrected chi connectivity index (χ3v) is 15.1. The zero-order valence-electron chi connectivity index (χ0n) is 49.6. The highest BCUT2D eigenvalue weighted by Crippen LogP contribution is 2.17. The molecule has 0 aromatic carbocycles. The fourth-order valence-corrected chi connectivity index (χ4v) is 10.0. The van der Waals surface area contributed by atoms with Crippen molar-refractivity contribution in [2.75, 3.05) is 13.2 Å². The van der Waals surface area contributed by atoms with Gasteiger partial charge in [-0.25, -0.2) is 0 Å². The minimum absolute atomic E-state index is 0.0171. The Hall–Kier alpha value is -2.18. The summed E-state index contributed by atoms with van der Waals surface area (Å²) < 4.78 is 5.47. The van der Waals surface area contributed by atoms with Crippen LogP contribution in [0, 0.1) is 0 Å². The molecule has 2 atom stereocenters. The lowest BCUT2D eigenvalue weighted by Gasteiger charge is -2.20. The number of ether oxygens (including phenoxy) is 1. The van der Waals surface area contributed by atoms with Crippen molar-refractivity contribution in [2.45, 2.75) is 360 Å². The Bertz CT molecular complexity index is 1240. The quantitative estimate of drug-likeness (QED) is 0.0320. The van der Waals surface area contributed by atoms with Gasteiger partial charge in [0.05, 0.1) is 25.4 Å². The van der Waals surface area contributed by atoms with E-state index in [-0.39, 0.29) is 18.5 Å². The normalized spacial score (nSPS) is 12.9. The fraction of sp³-hybridized carbons (Fsp3) is 0.853. The van der Waals surface area contributed by atoms with E-state index in [9.17, 15) is 19.8 Å². The van der Waals surface area contributed by atoms with Gasteiger partial charge in [0.25, 0.3) is 0 Å². The van der Waals surface area contributed by atoms with Crippen molar-refractivity contribution in [3.05, 3.63) is 48.6 Å². The number of allylic oxidation sites excluding steroid dienone is 7. The second-order valence-corrected chi connectivity index (χ2v) is 22.4. The molecule has 0 bridgehead atoms. The van der Waals surface area contributed by atoms with Crippen LogP contribution in [0.2, 0.25) is 0 Å². The van der Waals surface area contributed by atoms with Gasteiger partial charge in [0, 0.05) is 12.8 Å². The number of carbonyl (C=O) groups excluding carboxylic acids is 2. The first kappa shape index (κ1) is 71.8. The van der Waals surface area contributed by atoms with Gasteiger partial charge in [-0.15, -0.1) is 0 Å². The molecule has 3 N–H and O–H groups in total. The lowest BCUT2D eigenvalue weighted by atomic mass is 10.0. The summed E-state index contributed by atoms with van der Waals surface area (Å²) in [5.74, 6) is -0.1000.